The number of nitro benzene ring substituents is 1. The second kappa shape index (κ2) is 5.95. The van der Waals surface area contributed by atoms with Gasteiger partial charge >= 0.3 is 0 Å². The van der Waals surface area contributed by atoms with Gasteiger partial charge in [-0.2, -0.15) is 0 Å². The summed E-state index contributed by atoms with van der Waals surface area (Å²) < 4.78 is 13.3. The average molecular weight is 291 g/mol. The van der Waals surface area contributed by atoms with Crippen molar-refractivity contribution < 1.29 is 19.2 Å². The number of aromatic nitrogens is 1. The summed E-state index contributed by atoms with van der Waals surface area (Å²) >= 11 is 0. The second-order valence-corrected chi connectivity index (χ2v) is 4.07. The third kappa shape index (κ3) is 3.30. The maximum atomic E-state index is 13.3. The van der Waals surface area contributed by atoms with Crippen molar-refractivity contribution in [3.63, 3.8) is 0 Å². The third-order valence-electron chi connectivity index (χ3n) is 2.69. The Morgan fingerprint density at radius 3 is 2.81 bits per heavy atom. The van der Waals surface area contributed by atoms with Gasteiger partial charge < -0.3 is 10.4 Å². The van der Waals surface area contributed by atoms with Gasteiger partial charge in [-0.25, -0.2) is 4.39 Å². The van der Waals surface area contributed by atoms with Crippen LogP contribution in [0.5, 0.6) is 5.75 Å². The molecule has 0 aliphatic rings. The number of rotatable bonds is 4. The van der Waals surface area contributed by atoms with Gasteiger partial charge in [0.15, 0.2) is 0 Å². The SMILES string of the molecule is O=C(NCc1ncccc1F)c1ccc([N+](=O)[O-])cc1O. The highest BCUT2D eigenvalue weighted by Crippen LogP contribution is 2.23. The Kier molecular flexibility index (Phi) is 4.07. The number of phenolic OH excluding ortho intramolecular Hbond substituents is 1. The number of amides is 1. The number of hydrogen-bond acceptors (Lipinski definition) is 5. The van der Waals surface area contributed by atoms with Crippen LogP contribution in [-0.2, 0) is 6.54 Å². The number of phenols is 1. The lowest BCUT2D eigenvalue weighted by Crippen LogP contribution is -2.24. The molecule has 1 aromatic heterocycles. The van der Waals surface area contributed by atoms with Crippen LogP contribution < -0.4 is 5.32 Å². The molecule has 0 radical (unpaired) electrons. The minimum absolute atomic E-state index is 0.0484. The van der Waals surface area contributed by atoms with E-state index in [1.807, 2.05) is 0 Å². The summed E-state index contributed by atoms with van der Waals surface area (Å²) in [6.07, 6.45) is 1.38. The fraction of sp³-hybridized carbons (Fsp3) is 0.0769. The lowest BCUT2D eigenvalue weighted by Gasteiger charge is -2.07. The number of aromatic hydroxyl groups is 1. The number of pyridine rings is 1. The Balaban J connectivity index is 2.11. The molecular formula is C13H10FN3O4. The zero-order valence-corrected chi connectivity index (χ0v) is 10.6. The zero-order valence-electron chi connectivity index (χ0n) is 10.6. The van der Waals surface area contributed by atoms with Gasteiger partial charge in [0.2, 0.25) is 0 Å². The van der Waals surface area contributed by atoms with Crippen molar-refractivity contribution in [1.29, 1.82) is 0 Å². The van der Waals surface area contributed by atoms with Gasteiger partial charge in [-0.15, -0.1) is 0 Å². The summed E-state index contributed by atoms with van der Waals surface area (Å²) in [5.74, 6) is -1.78. The number of benzene rings is 1. The summed E-state index contributed by atoms with van der Waals surface area (Å²) in [4.78, 5) is 25.4. The molecule has 21 heavy (non-hydrogen) atoms. The largest absolute Gasteiger partial charge is 0.507 e. The highest BCUT2D eigenvalue weighted by Gasteiger charge is 2.16. The van der Waals surface area contributed by atoms with Crippen molar-refractivity contribution >= 4 is 11.6 Å². The van der Waals surface area contributed by atoms with Crippen molar-refractivity contribution in [2.45, 2.75) is 6.54 Å². The lowest BCUT2D eigenvalue weighted by molar-refractivity contribution is -0.384. The van der Waals surface area contributed by atoms with Gasteiger partial charge in [-0.05, 0) is 18.2 Å². The molecular weight excluding hydrogens is 281 g/mol. The van der Waals surface area contributed by atoms with E-state index in [-0.39, 0.29) is 23.5 Å². The molecule has 1 amide bonds. The zero-order chi connectivity index (χ0) is 15.4. The molecule has 0 aliphatic heterocycles. The van der Waals surface area contributed by atoms with Crippen molar-refractivity contribution in [3.05, 3.63) is 63.7 Å². The van der Waals surface area contributed by atoms with Crippen LogP contribution in [-0.4, -0.2) is 20.9 Å². The maximum Gasteiger partial charge on any atom is 0.273 e. The van der Waals surface area contributed by atoms with E-state index >= 15 is 0 Å². The van der Waals surface area contributed by atoms with Gasteiger partial charge in [-0.1, -0.05) is 0 Å². The quantitative estimate of drug-likeness (QED) is 0.659. The summed E-state index contributed by atoms with van der Waals surface area (Å²) in [7, 11) is 0. The molecule has 0 fully saturated rings. The second-order valence-electron chi connectivity index (χ2n) is 4.07. The van der Waals surface area contributed by atoms with E-state index in [0.29, 0.717) is 0 Å². The van der Waals surface area contributed by atoms with Gasteiger partial charge in [0, 0.05) is 12.3 Å². The van der Waals surface area contributed by atoms with Gasteiger partial charge in [0.25, 0.3) is 11.6 Å². The van der Waals surface area contributed by atoms with Crippen LogP contribution in [0.15, 0.2) is 36.5 Å². The summed E-state index contributed by atoms with van der Waals surface area (Å²) in [5, 5.41) is 22.5. The first-order valence-corrected chi connectivity index (χ1v) is 5.84. The molecule has 0 spiro atoms. The van der Waals surface area contributed by atoms with Crippen molar-refractivity contribution in [3.8, 4) is 5.75 Å². The number of halogens is 1. The van der Waals surface area contributed by atoms with Crippen LogP contribution in [0.1, 0.15) is 16.1 Å². The monoisotopic (exact) mass is 291 g/mol. The number of carbonyl (C=O) groups excluding carboxylic acids is 1. The normalized spacial score (nSPS) is 10.1. The van der Waals surface area contributed by atoms with Gasteiger partial charge in [0.1, 0.15) is 11.6 Å². The Bertz CT molecular complexity index is 706. The summed E-state index contributed by atoms with van der Waals surface area (Å²) in [5.41, 5.74) is -0.427. The molecule has 2 N–H and O–H groups in total. The minimum Gasteiger partial charge on any atom is -0.507 e. The smallest absolute Gasteiger partial charge is 0.273 e. The van der Waals surface area contributed by atoms with Crippen molar-refractivity contribution in [2.24, 2.45) is 0 Å². The number of nitro groups is 1. The van der Waals surface area contributed by atoms with Crippen LogP contribution >= 0.6 is 0 Å². The number of nitrogens with one attached hydrogen (secondary N) is 1. The predicted molar refractivity (Wildman–Crippen MR) is 70.1 cm³/mol. The van der Waals surface area contributed by atoms with E-state index in [1.165, 1.54) is 18.3 Å². The number of non-ortho nitro benzene ring substituents is 1. The number of nitrogens with zero attached hydrogens (tertiary/aromatic N) is 2. The molecule has 0 atom stereocenters. The topological polar surface area (TPSA) is 105 Å². The first-order chi connectivity index (χ1) is 9.99. The molecule has 2 rings (SSSR count). The van der Waals surface area contributed by atoms with Crippen LogP contribution in [0.25, 0.3) is 0 Å². The van der Waals surface area contributed by atoms with Crippen LogP contribution in [0.4, 0.5) is 10.1 Å². The average Bonchev–Trinajstić information content (AvgIpc) is 2.46. The molecule has 1 aromatic carbocycles. The van der Waals surface area contributed by atoms with E-state index < -0.39 is 22.4 Å². The highest BCUT2D eigenvalue weighted by molar-refractivity contribution is 5.97. The van der Waals surface area contributed by atoms with E-state index in [1.54, 1.807) is 0 Å². The highest BCUT2D eigenvalue weighted by atomic mass is 19.1. The minimum atomic E-state index is -0.690. The Hall–Kier alpha value is -3.03. The van der Waals surface area contributed by atoms with Gasteiger partial charge in [0.05, 0.1) is 28.8 Å². The maximum absolute atomic E-state index is 13.3. The Morgan fingerprint density at radius 2 is 2.19 bits per heavy atom. The molecule has 0 aliphatic carbocycles. The molecule has 0 saturated carbocycles. The van der Waals surface area contributed by atoms with Crippen LogP contribution in [0.3, 0.4) is 0 Å². The number of hydrogen-bond donors (Lipinski definition) is 2. The molecule has 0 unspecified atom stereocenters. The van der Waals surface area contributed by atoms with Crippen molar-refractivity contribution in [2.75, 3.05) is 0 Å². The van der Waals surface area contributed by atoms with E-state index in [4.69, 9.17) is 0 Å². The van der Waals surface area contributed by atoms with Crippen LogP contribution in [0.2, 0.25) is 0 Å². The van der Waals surface area contributed by atoms with E-state index in [0.717, 1.165) is 18.2 Å². The summed E-state index contributed by atoms with van der Waals surface area (Å²) in [6, 6.07) is 5.71. The lowest BCUT2D eigenvalue weighted by atomic mass is 10.1. The molecule has 108 valence electrons. The molecule has 2 aromatic rings. The summed E-state index contributed by atoms with van der Waals surface area (Å²) in [6.45, 7) is -0.165. The molecule has 1 heterocycles. The van der Waals surface area contributed by atoms with Crippen LogP contribution in [0, 0.1) is 15.9 Å². The molecule has 8 heteroatoms. The fourth-order valence-electron chi connectivity index (χ4n) is 1.63. The van der Waals surface area contributed by atoms with E-state index in [9.17, 15) is 24.4 Å². The molecule has 0 bridgehead atoms. The molecule has 0 saturated heterocycles. The first-order valence-electron chi connectivity index (χ1n) is 5.84. The predicted octanol–water partition coefficient (Wildman–Crippen LogP) is 1.76. The fourth-order valence-corrected chi connectivity index (χ4v) is 1.63. The molecule has 7 nitrogen and oxygen atoms in total. The number of carbonyl (C=O) groups is 1. The van der Waals surface area contributed by atoms with Gasteiger partial charge in [-0.3, -0.25) is 19.9 Å². The first kappa shape index (κ1) is 14.4. The van der Waals surface area contributed by atoms with Crippen molar-refractivity contribution in [1.82, 2.24) is 10.3 Å². The Labute approximate surface area is 118 Å². The third-order valence-corrected chi connectivity index (χ3v) is 2.69. The standard InChI is InChI=1S/C13H10FN3O4/c14-10-2-1-5-15-11(10)7-16-13(19)9-4-3-8(17(20)21)6-12(9)18/h1-6,18H,7H2,(H,16,19). The Morgan fingerprint density at radius 1 is 1.43 bits per heavy atom. The van der Waals surface area contributed by atoms with E-state index in [2.05, 4.69) is 10.3 Å².